The van der Waals surface area contributed by atoms with Crippen molar-refractivity contribution >= 4 is 37.6 Å². The van der Waals surface area contributed by atoms with Gasteiger partial charge in [-0.1, -0.05) is 28.1 Å². The Balaban J connectivity index is 2.76. The topological polar surface area (TPSA) is 46.2 Å². The standard InChI is InChI=1S/C10H13BrClNO2S/c1-8(13-16(14,15)6-5-12)9-3-2-4-10(11)7-9/h2-4,7-8,13H,5-6H2,1H3/t8-/m0/s1. The van der Waals surface area contributed by atoms with E-state index in [1.54, 1.807) is 6.92 Å². The Morgan fingerprint density at radius 2 is 2.19 bits per heavy atom. The SMILES string of the molecule is C[C@H](NS(=O)(=O)CCCl)c1cccc(Br)c1. The zero-order chi connectivity index (χ0) is 12.2. The second-order valence-corrected chi connectivity index (χ2v) is 6.57. The molecular weight excluding hydrogens is 314 g/mol. The number of nitrogens with one attached hydrogen (secondary N) is 1. The van der Waals surface area contributed by atoms with Gasteiger partial charge < -0.3 is 0 Å². The maximum atomic E-state index is 11.5. The van der Waals surface area contributed by atoms with Crippen LogP contribution in [0.15, 0.2) is 28.7 Å². The first-order valence-corrected chi connectivity index (χ1v) is 7.74. The van der Waals surface area contributed by atoms with Gasteiger partial charge in [0.15, 0.2) is 0 Å². The molecule has 16 heavy (non-hydrogen) atoms. The summed E-state index contributed by atoms with van der Waals surface area (Å²) in [6, 6.07) is 7.26. The highest BCUT2D eigenvalue weighted by molar-refractivity contribution is 9.10. The van der Waals surface area contributed by atoms with Gasteiger partial charge in [0.25, 0.3) is 0 Å². The van der Waals surface area contributed by atoms with Gasteiger partial charge in [0.05, 0.1) is 5.75 Å². The maximum Gasteiger partial charge on any atom is 0.213 e. The quantitative estimate of drug-likeness (QED) is 0.846. The number of benzene rings is 1. The number of halogens is 2. The predicted molar refractivity (Wildman–Crippen MR) is 70.2 cm³/mol. The Morgan fingerprint density at radius 3 is 2.75 bits per heavy atom. The largest absolute Gasteiger partial charge is 0.213 e. The molecule has 0 heterocycles. The van der Waals surface area contributed by atoms with Crippen molar-refractivity contribution in [2.24, 2.45) is 0 Å². The van der Waals surface area contributed by atoms with Crippen LogP contribution < -0.4 is 4.72 Å². The van der Waals surface area contributed by atoms with Gasteiger partial charge in [-0.05, 0) is 24.6 Å². The summed E-state index contributed by atoms with van der Waals surface area (Å²) < 4.78 is 26.5. The van der Waals surface area contributed by atoms with Crippen LogP contribution in [0, 0.1) is 0 Å². The van der Waals surface area contributed by atoms with Crippen molar-refractivity contribution < 1.29 is 8.42 Å². The number of hydrogen-bond acceptors (Lipinski definition) is 2. The Labute approximate surface area is 109 Å². The molecule has 0 aliphatic carbocycles. The predicted octanol–water partition coefficient (Wildman–Crippen LogP) is 2.67. The summed E-state index contributed by atoms with van der Waals surface area (Å²) in [5.41, 5.74) is 0.910. The zero-order valence-corrected chi connectivity index (χ0v) is 11.9. The van der Waals surface area contributed by atoms with E-state index >= 15 is 0 Å². The van der Waals surface area contributed by atoms with Gasteiger partial charge in [0.2, 0.25) is 10.0 Å². The summed E-state index contributed by atoms with van der Waals surface area (Å²) in [5, 5.41) is 0. The summed E-state index contributed by atoms with van der Waals surface area (Å²) in [4.78, 5) is 0. The van der Waals surface area contributed by atoms with Gasteiger partial charge in [-0.3, -0.25) is 0 Å². The van der Waals surface area contributed by atoms with E-state index in [0.717, 1.165) is 10.0 Å². The molecule has 0 aliphatic heterocycles. The molecule has 0 radical (unpaired) electrons. The van der Waals surface area contributed by atoms with Gasteiger partial charge in [-0.25, -0.2) is 13.1 Å². The summed E-state index contributed by atoms with van der Waals surface area (Å²) in [7, 11) is -3.29. The molecule has 0 fully saturated rings. The Kier molecular flexibility index (Phi) is 5.24. The molecule has 0 aromatic heterocycles. The van der Waals surface area contributed by atoms with Crippen LogP contribution in [0.3, 0.4) is 0 Å². The third kappa shape index (κ3) is 4.41. The highest BCUT2D eigenvalue weighted by Gasteiger charge is 2.14. The van der Waals surface area contributed by atoms with Crippen molar-refractivity contribution in [3.8, 4) is 0 Å². The average Bonchev–Trinajstić information content (AvgIpc) is 2.16. The van der Waals surface area contributed by atoms with E-state index in [-0.39, 0.29) is 17.7 Å². The van der Waals surface area contributed by atoms with E-state index in [4.69, 9.17) is 11.6 Å². The molecule has 3 nitrogen and oxygen atoms in total. The lowest BCUT2D eigenvalue weighted by molar-refractivity contribution is 0.568. The average molecular weight is 327 g/mol. The fourth-order valence-corrected chi connectivity index (χ4v) is 3.30. The third-order valence-electron chi connectivity index (χ3n) is 2.05. The van der Waals surface area contributed by atoms with Crippen LogP contribution in [0.1, 0.15) is 18.5 Å². The van der Waals surface area contributed by atoms with Crippen LogP contribution in [-0.2, 0) is 10.0 Å². The van der Waals surface area contributed by atoms with Gasteiger partial charge >= 0.3 is 0 Å². The third-order valence-corrected chi connectivity index (χ3v) is 4.41. The van der Waals surface area contributed by atoms with E-state index in [9.17, 15) is 8.42 Å². The molecule has 0 saturated carbocycles. The van der Waals surface area contributed by atoms with Crippen molar-refractivity contribution in [3.63, 3.8) is 0 Å². The van der Waals surface area contributed by atoms with Crippen LogP contribution in [-0.4, -0.2) is 20.1 Å². The van der Waals surface area contributed by atoms with Crippen molar-refractivity contribution in [2.75, 3.05) is 11.6 Å². The second-order valence-electron chi connectivity index (χ2n) is 3.40. The lowest BCUT2D eigenvalue weighted by atomic mass is 10.1. The minimum atomic E-state index is -3.29. The van der Waals surface area contributed by atoms with Gasteiger partial charge in [0.1, 0.15) is 0 Å². The van der Waals surface area contributed by atoms with E-state index < -0.39 is 10.0 Å². The number of sulfonamides is 1. The molecule has 1 aromatic rings. The molecule has 0 bridgehead atoms. The number of rotatable bonds is 5. The summed E-state index contributed by atoms with van der Waals surface area (Å²) in [6.07, 6.45) is 0. The number of alkyl halides is 1. The molecule has 0 saturated heterocycles. The fourth-order valence-electron chi connectivity index (χ4n) is 1.27. The van der Waals surface area contributed by atoms with Crippen molar-refractivity contribution in [1.82, 2.24) is 4.72 Å². The summed E-state index contributed by atoms with van der Waals surface area (Å²) in [5.74, 6) is 0.0352. The smallest absolute Gasteiger partial charge is 0.212 e. The molecule has 6 heteroatoms. The summed E-state index contributed by atoms with van der Waals surface area (Å²) in [6.45, 7) is 1.80. The highest BCUT2D eigenvalue weighted by Crippen LogP contribution is 2.18. The van der Waals surface area contributed by atoms with Crippen LogP contribution in [0.2, 0.25) is 0 Å². The zero-order valence-electron chi connectivity index (χ0n) is 8.78. The molecule has 0 aliphatic rings. The Morgan fingerprint density at radius 1 is 1.50 bits per heavy atom. The number of hydrogen-bond donors (Lipinski definition) is 1. The molecule has 1 rings (SSSR count). The van der Waals surface area contributed by atoms with Crippen LogP contribution in [0.5, 0.6) is 0 Å². The molecular formula is C10H13BrClNO2S. The Hall–Kier alpha value is -0.100. The van der Waals surface area contributed by atoms with Crippen LogP contribution in [0.25, 0.3) is 0 Å². The lowest BCUT2D eigenvalue weighted by Gasteiger charge is -2.14. The maximum absolute atomic E-state index is 11.5. The van der Waals surface area contributed by atoms with Gasteiger partial charge in [-0.2, -0.15) is 0 Å². The Bertz CT molecular complexity index is 450. The molecule has 1 atom stereocenters. The molecule has 90 valence electrons. The van der Waals surface area contributed by atoms with E-state index in [1.807, 2.05) is 24.3 Å². The first-order valence-electron chi connectivity index (χ1n) is 4.76. The van der Waals surface area contributed by atoms with Gasteiger partial charge in [0, 0.05) is 16.4 Å². The molecule has 1 aromatic carbocycles. The minimum Gasteiger partial charge on any atom is -0.212 e. The van der Waals surface area contributed by atoms with E-state index in [0.29, 0.717) is 0 Å². The van der Waals surface area contributed by atoms with Crippen molar-refractivity contribution in [1.29, 1.82) is 0 Å². The molecule has 0 spiro atoms. The van der Waals surface area contributed by atoms with Crippen molar-refractivity contribution in [2.45, 2.75) is 13.0 Å². The fraction of sp³-hybridized carbons (Fsp3) is 0.400. The normalized spacial score (nSPS) is 13.7. The van der Waals surface area contributed by atoms with E-state index in [1.165, 1.54) is 0 Å². The first kappa shape index (κ1) is 14.0. The summed E-state index contributed by atoms with van der Waals surface area (Å²) >= 11 is 8.76. The van der Waals surface area contributed by atoms with Gasteiger partial charge in [-0.15, -0.1) is 11.6 Å². The molecule has 1 N–H and O–H groups in total. The second kappa shape index (κ2) is 6.00. The molecule has 0 amide bonds. The van der Waals surface area contributed by atoms with Crippen molar-refractivity contribution in [3.05, 3.63) is 34.3 Å². The van der Waals surface area contributed by atoms with Crippen LogP contribution >= 0.6 is 27.5 Å². The molecule has 0 unspecified atom stereocenters. The minimum absolute atomic E-state index is 0.0626. The highest BCUT2D eigenvalue weighted by atomic mass is 79.9. The lowest BCUT2D eigenvalue weighted by Crippen LogP contribution is -2.29. The first-order chi connectivity index (χ1) is 7.44. The van der Waals surface area contributed by atoms with E-state index in [2.05, 4.69) is 20.7 Å². The monoisotopic (exact) mass is 325 g/mol. The van der Waals surface area contributed by atoms with Crippen LogP contribution in [0.4, 0.5) is 0 Å².